The van der Waals surface area contributed by atoms with E-state index in [-0.39, 0.29) is 31.3 Å². The molecule has 10 heteroatoms. The molecule has 3 rings (SSSR count). The van der Waals surface area contributed by atoms with Crippen molar-refractivity contribution in [3.63, 3.8) is 0 Å². The van der Waals surface area contributed by atoms with Crippen LogP contribution in [0.25, 0.3) is 0 Å². The number of carbonyl (C=O) groups is 2. The number of nitrogens with one attached hydrogen (secondary N) is 1. The Hall–Kier alpha value is -2.10. The van der Waals surface area contributed by atoms with Crippen molar-refractivity contribution in [2.45, 2.75) is 6.10 Å². The predicted octanol–water partition coefficient (Wildman–Crippen LogP) is 0.484. The van der Waals surface area contributed by atoms with Gasteiger partial charge >= 0.3 is 6.09 Å². The topological polar surface area (TPSA) is 97.1 Å². The second-order valence-electron chi connectivity index (χ2n) is 5.95. The van der Waals surface area contributed by atoms with Gasteiger partial charge in [-0.3, -0.25) is 9.69 Å². The molecule has 2 saturated heterocycles. The fourth-order valence-corrected chi connectivity index (χ4v) is 2.92. The summed E-state index contributed by atoms with van der Waals surface area (Å²) in [4.78, 5) is 26.0. The molecule has 2 amide bonds. The van der Waals surface area contributed by atoms with Crippen molar-refractivity contribution in [2.24, 2.45) is 5.73 Å². The number of ether oxygens (including phenoxy) is 2. The van der Waals surface area contributed by atoms with E-state index in [1.165, 1.54) is 11.0 Å². The summed E-state index contributed by atoms with van der Waals surface area (Å²) in [5.74, 6) is -0.871. The highest BCUT2D eigenvalue weighted by Gasteiger charge is 2.32. The minimum absolute atomic E-state index is 0. The Bertz CT molecular complexity index is 657. The number of cyclic esters (lactones) is 1. The number of rotatable bonds is 6. The number of carbonyl (C=O) groups excluding carboxylic acids is 2. The fourth-order valence-electron chi connectivity index (χ4n) is 2.92. The van der Waals surface area contributed by atoms with Crippen LogP contribution in [0.1, 0.15) is 0 Å². The molecule has 26 heavy (non-hydrogen) atoms. The number of amides is 2. The predicted molar refractivity (Wildman–Crippen MR) is 96.4 cm³/mol. The normalized spacial score (nSPS) is 19.9. The molecule has 0 radical (unpaired) electrons. The van der Waals surface area contributed by atoms with Gasteiger partial charge in [0, 0.05) is 19.6 Å². The molecule has 0 saturated carbocycles. The lowest BCUT2D eigenvalue weighted by atomic mass is 10.2. The Morgan fingerprint density at radius 3 is 2.73 bits per heavy atom. The lowest BCUT2D eigenvalue weighted by Gasteiger charge is -2.29. The monoisotopic (exact) mass is 388 g/mol. The Morgan fingerprint density at radius 1 is 1.35 bits per heavy atom. The first-order valence-electron chi connectivity index (χ1n) is 8.14. The van der Waals surface area contributed by atoms with Crippen molar-refractivity contribution < 1.29 is 23.5 Å². The summed E-state index contributed by atoms with van der Waals surface area (Å²) in [6.07, 6.45) is -0.960. The lowest BCUT2D eigenvalue weighted by Crippen LogP contribution is -2.37. The smallest absolute Gasteiger partial charge is 0.414 e. The molecule has 0 unspecified atom stereocenters. The zero-order valence-electron chi connectivity index (χ0n) is 14.2. The maximum absolute atomic E-state index is 14.5. The Balaban J connectivity index is 0.00000243. The number of hydrogen-bond donors (Lipinski definition) is 2. The van der Waals surface area contributed by atoms with Crippen LogP contribution in [0.2, 0.25) is 0 Å². The van der Waals surface area contributed by atoms with Gasteiger partial charge in [-0.15, -0.1) is 12.4 Å². The van der Waals surface area contributed by atoms with Crippen molar-refractivity contribution in [1.82, 2.24) is 5.32 Å². The average molecular weight is 389 g/mol. The van der Waals surface area contributed by atoms with Crippen LogP contribution >= 0.6 is 12.4 Å². The first-order chi connectivity index (χ1) is 12.0. The van der Waals surface area contributed by atoms with Crippen molar-refractivity contribution in [1.29, 1.82) is 0 Å². The van der Waals surface area contributed by atoms with E-state index >= 15 is 0 Å². The molecular weight excluding hydrogens is 367 g/mol. The van der Waals surface area contributed by atoms with Crippen LogP contribution in [-0.4, -0.2) is 64.0 Å². The maximum Gasteiger partial charge on any atom is 0.414 e. The molecule has 2 aliphatic heterocycles. The van der Waals surface area contributed by atoms with Crippen LogP contribution in [0, 0.1) is 5.82 Å². The number of hydrogen-bond acceptors (Lipinski definition) is 6. The standard InChI is InChI=1S/C16H21FN4O4.ClH/c17-13-7-11(1-2-14(13)20-3-5-24-6-4-20)21-10-12(25-16(21)23)8-19-9-15(18)22;/h1-2,7,12,19H,3-6,8-10H2,(H2,18,22);1H/t12-;/m0./s1. The molecule has 2 fully saturated rings. The Morgan fingerprint density at radius 2 is 2.08 bits per heavy atom. The molecule has 0 spiro atoms. The van der Waals surface area contributed by atoms with Gasteiger partial charge in [0.2, 0.25) is 5.91 Å². The number of nitrogens with two attached hydrogens (primary N) is 1. The van der Waals surface area contributed by atoms with Gasteiger partial charge < -0.3 is 25.4 Å². The number of benzene rings is 1. The molecule has 144 valence electrons. The molecule has 0 aromatic heterocycles. The lowest BCUT2D eigenvalue weighted by molar-refractivity contribution is -0.117. The van der Waals surface area contributed by atoms with Crippen LogP contribution in [-0.2, 0) is 14.3 Å². The zero-order chi connectivity index (χ0) is 17.8. The van der Waals surface area contributed by atoms with Gasteiger partial charge in [0.25, 0.3) is 0 Å². The summed E-state index contributed by atoms with van der Waals surface area (Å²) in [6, 6.07) is 4.71. The minimum Gasteiger partial charge on any atom is -0.443 e. The third-order valence-electron chi connectivity index (χ3n) is 4.14. The van der Waals surface area contributed by atoms with Crippen LogP contribution in [0.15, 0.2) is 18.2 Å². The fraction of sp³-hybridized carbons (Fsp3) is 0.500. The number of halogens is 2. The highest BCUT2D eigenvalue weighted by atomic mass is 35.5. The van der Waals surface area contributed by atoms with Gasteiger partial charge in [-0.1, -0.05) is 0 Å². The van der Waals surface area contributed by atoms with E-state index < -0.39 is 18.1 Å². The van der Waals surface area contributed by atoms with Gasteiger partial charge in [0.05, 0.1) is 37.7 Å². The van der Waals surface area contributed by atoms with Crippen molar-refractivity contribution >= 4 is 35.8 Å². The average Bonchev–Trinajstić information content (AvgIpc) is 2.96. The minimum atomic E-state index is -0.538. The quantitative estimate of drug-likeness (QED) is 0.736. The molecule has 1 aromatic rings. The third kappa shape index (κ3) is 4.75. The molecular formula is C16H22ClFN4O4. The molecule has 0 aliphatic carbocycles. The van der Waals surface area contributed by atoms with Crippen molar-refractivity contribution in [2.75, 3.05) is 55.7 Å². The second-order valence-corrected chi connectivity index (χ2v) is 5.95. The van der Waals surface area contributed by atoms with Crippen LogP contribution in [0.5, 0.6) is 0 Å². The summed E-state index contributed by atoms with van der Waals surface area (Å²) in [5.41, 5.74) is 5.98. The van der Waals surface area contributed by atoms with E-state index in [0.29, 0.717) is 44.2 Å². The first kappa shape index (κ1) is 20.2. The largest absolute Gasteiger partial charge is 0.443 e. The van der Waals surface area contributed by atoms with Gasteiger partial charge in [-0.25, -0.2) is 9.18 Å². The molecule has 2 heterocycles. The molecule has 0 bridgehead atoms. The van der Waals surface area contributed by atoms with E-state index in [0.717, 1.165) is 0 Å². The summed E-state index contributed by atoms with van der Waals surface area (Å²) < 4.78 is 25.0. The summed E-state index contributed by atoms with van der Waals surface area (Å²) in [6.45, 7) is 3.00. The highest BCUT2D eigenvalue weighted by Crippen LogP contribution is 2.28. The number of anilines is 2. The Kier molecular flexibility index (Phi) is 7.01. The summed E-state index contributed by atoms with van der Waals surface area (Å²) in [7, 11) is 0. The van der Waals surface area contributed by atoms with Gasteiger partial charge in [0.15, 0.2) is 0 Å². The first-order valence-corrected chi connectivity index (χ1v) is 8.14. The SMILES string of the molecule is Cl.NC(=O)CNC[C@H]1CN(c2ccc(N3CCOCC3)c(F)c2)C(=O)O1. The number of morpholine rings is 1. The van der Waals surface area contributed by atoms with Crippen LogP contribution in [0.3, 0.4) is 0 Å². The van der Waals surface area contributed by atoms with Crippen molar-refractivity contribution in [3.05, 3.63) is 24.0 Å². The van der Waals surface area contributed by atoms with E-state index in [4.69, 9.17) is 15.2 Å². The van der Waals surface area contributed by atoms with Crippen molar-refractivity contribution in [3.8, 4) is 0 Å². The number of nitrogens with zero attached hydrogens (tertiary/aromatic N) is 2. The molecule has 1 atom stereocenters. The number of primary amides is 1. The highest BCUT2D eigenvalue weighted by molar-refractivity contribution is 5.90. The summed E-state index contributed by atoms with van der Waals surface area (Å²) in [5, 5.41) is 2.81. The van der Waals surface area contributed by atoms with Gasteiger partial charge in [-0.2, -0.15) is 0 Å². The molecule has 3 N–H and O–H groups in total. The maximum atomic E-state index is 14.5. The molecule has 1 aromatic carbocycles. The van der Waals surface area contributed by atoms with E-state index in [1.54, 1.807) is 12.1 Å². The molecule has 2 aliphatic rings. The summed E-state index contributed by atoms with van der Waals surface area (Å²) >= 11 is 0. The van der Waals surface area contributed by atoms with Gasteiger partial charge in [-0.05, 0) is 18.2 Å². The van der Waals surface area contributed by atoms with E-state index in [1.807, 2.05) is 4.90 Å². The third-order valence-corrected chi connectivity index (χ3v) is 4.14. The zero-order valence-corrected chi connectivity index (χ0v) is 15.0. The van der Waals surface area contributed by atoms with E-state index in [2.05, 4.69) is 5.32 Å². The Labute approximate surface area is 156 Å². The molecule has 8 nitrogen and oxygen atoms in total. The van der Waals surface area contributed by atoms with Crippen LogP contribution in [0.4, 0.5) is 20.6 Å². The van der Waals surface area contributed by atoms with Crippen LogP contribution < -0.4 is 20.9 Å². The van der Waals surface area contributed by atoms with Gasteiger partial charge in [0.1, 0.15) is 11.9 Å². The van der Waals surface area contributed by atoms with E-state index in [9.17, 15) is 14.0 Å². The second kappa shape index (κ2) is 9.02.